The maximum atomic E-state index is 13.0. The molecular formula is C14H13FN4. The predicted molar refractivity (Wildman–Crippen MR) is 72.4 cm³/mol. The number of hydrogen-bond acceptors (Lipinski definition) is 3. The van der Waals surface area contributed by atoms with Gasteiger partial charge in [-0.3, -0.25) is 0 Å². The number of hydrogen-bond donors (Lipinski definition) is 1. The molecule has 3 aromatic rings. The van der Waals surface area contributed by atoms with Crippen LogP contribution in [-0.4, -0.2) is 21.5 Å². The van der Waals surface area contributed by atoms with Crippen molar-refractivity contribution in [2.45, 2.75) is 6.54 Å². The zero-order chi connectivity index (χ0) is 13.1. The first-order valence-electron chi connectivity index (χ1n) is 6.10. The Bertz CT molecular complexity index is 692. The lowest BCUT2D eigenvalue weighted by Crippen LogP contribution is -2.11. The van der Waals surface area contributed by atoms with E-state index in [1.54, 1.807) is 6.07 Å². The zero-order valence-corrected chi connectivity index (χ0v) is 10.3. The molecule has 0 unspecified atom stereocenters. The summed E-state index contributed by atoms with van der Waals surface area (Å²) in [5.74, 6) is -0.240. The first kappa shape index (κ1) is 11.6. The van der Waals surface area contributed by atoms with E-state index in [4.69, 9.17) is 0 Å². The number of nitrogens with one attached hydrogen (secondary N) is 1. The maximum absolute atomic E-state index is 13.0. The highest BCUT2D eigenvalue weighted by Gasteiger charge is 2.02. The van der Waals surface area contributed by atoms with Crippen LogP contribution in [0.5, 0.6) is 0 Å². The minimum Gasteiger partial charge on any atom is -0.383 e. The van der Waals surface area contributed by atoms with Crippen LogP contribution >= 0.6 is 0 Å². The number of aromatic nitrogens is 3. The van der Waals surface area contributed by atoms with Crippen LogP contribution in [0.15, 0.2) is 48.5 Å². The van der Waals surface area contributed by atoms with Crippen molar-refractivity contribution in [3.05, 3.63) is 54.3 Å². The van der Waals surface area contributed by atoms with Crippen molar-refractivity contribution in [1.82, 2.24) is 15.0 Å². The Balaban J connectivity index is 1.66. The molecule has 0 aliphatic carbocycles. The number of nitrogens with zero attached hydrogens (tertiary/aromatic N) is 3. The number of anilines is 1. The van der Waals surface area contributed by atoms with Gasteiger partial charge in [0, 0.05) is 12.2 Å². The number of para-hydroxylation sites is 1. The second-order valence-corrected chi connectivity index (χ2v) is 4.24. The lowest BCUT2D eigenvalue weighted by Gasteiger charge is -2.06. The molecule has 0 spiro atoms. The van der Waals surface area contributed by atoms with Gasteiger partial charge >= 0.3 is 0 Å². The molecule has 1 N–H and O–H groups in total. The Labute approximate surface area is 109 Å². The van der Waals surface area contributed by atoms with Gasteiger partial charge in [-0.1, -0.05) is 23.4 Å². The molecule has 96 valence electrons. The van der Waals surface area contributed by atoms with Gasteiger partial charge in [0.1, 0.15) is 11.3 Å². The smallest absolute Gasteiger partial charge is 0.125 e. The van der Waals surface area contributed by atoms with Crippen LogP contribution in [0.3, 0.4) is 0 Å². The molecule has 0 amide bonds. The molecule has 1 heterocycles. The summed E-state index contributed by atoms with van der Waals surface area (Å²) in [6, 6.07) is 14.2. The number of halogens is 1. The predicted octanol–water partition coefficient (Wildman–Crippen LogP) is 2.68. The SMILES string of the molecule is Fc1cccc(NCCn2nnc3ccccc32)c1. The monoisotopic (exact) mass is 256 g/mol. The summed E-state index contributed by atoms with van der Waals surface area (Å²) in [6.07, 6.45) is 0. The van der Waals surface area contributed by atoms with Crippen molar-refractivity contribution in [3.8, 4) is 0 Å². The van der Waals surface area contributed by atoms with Gasteiger partial charge in [-0.25, -0.2) is 9.07 Å². The summed E-state index contributed by atoms with van der Waals surface area (Å²) < 4.78 is 14.8. The molecule has 0 aliphatic heterocycles. The van der Waals surface area contributed by atoms with Crippen molar-refractivity contribution in [2.75, 3.05) is 11.9 Å². The average Bonchev–Trinajstić information content (AvgIpc) is 2.83. The van der Waals surface area contributed by atoms with E-state index in [1.165, 1.54) is 12.1 Å². The summed E-state index contributed by atoms with van der Waals surface area (Å²) in [5, 5.41) is 11.3. The van der Waals surface area contributed by atoms with Crippen LogP contribution < -0.4 is 5.32 Å². The Hall–Kier alpha value is -2.43. The van der Waals surface area contributed by atoms with Gasteiger partial charge in [-0.2, -0.15) is 0 Å². The van der Waals surface area contributed by atoms with Crippen molar-refractivity contribution in [1.29, 1.82) is 0 Å². The molecule has 5 heteroatoms. The minimum absolute atomic E-state index is 0.240. The standard InChI is InChI=1S/C14H13FN4/c15-11-4-3-5-12(10-11)16-8-9-19-14-7-2-1-6-13(14)17-18-19/h1-7,10,16H,8-9H2. The molecule has 2 aromatic carbocycles. The molecule has 0 fully saturated rings. The van der Waals surface area contributed by atoms with Crippen molar-refractivity contribution in [3.63, 3.8) is 0 Å². The summed E-state index contributed by atoms with van der Waals surface area (Å²) in [4.78, 5) is 0. The summed E-state index contributed by atoms with van der Waals surface area (Å²) in [6.45, 7) is 1.34. The van der Waals surface area contributed by atoms with E-state index in [2.05, 4.69) is 15.6 Å². The third-order valence-corrected chi connectivity index (χ3v) is 2.90. The van der Waals surface area contributed by atoms with E-state index >= 15 is 0 Å². The number of fused-ring (bicyclic) bond motifs is 1. The second kappa shape index (κ2) is 5.06. The van der Waals surface area contributed by atoms with Crippen LogP contribution in [0.2, 0.25) is 0 Å². The minimum atomic E-state index is -0.240. The normalized spacial score (nSPS) is 10.8. The molecule has 0 radical (unpaired) electrons. The summed E-state index contributed by atoms with van der Waals surface area (Å²) in [5.41, 5.74) is 2.65. The van der Waals surface area contributed by atoms with Crippen molar-refractivity contribution >= 4 is 16.7 Å². The van der Waals surface area contributed by atoms with Gasteiger partial charge in [0.25, 0.3) is 0 Å². The molecule has 0 aliphatic rings. The number of rotatable bonds is 4. The Morgan fingerprint density at radius 3 is 2.89 bits per heavy atom. The molecule has 1 aromatic heterocycles. The lowest BCUT2D eigenvalue weighted by molar-refractivity contribution is 0.622. The Kier molecular flexibility index (Phi) is 3.10. The van der Waals surface area contributed by atoms with E-state index in [-0.39, 0.29) is 5.82 Å². The maximum Gasteiger partial charge on any atom is 0.125 e. The highest BCUT2D eigenvalue weighted by atomic mass is 19.1. The van der Waals surface area contributed by atoms with E-state index < -0.39 is 0 Å². The molecule has 19 heavy (non-hydrogen) atoms. The molecule has 0 saturated heterocycles. The average molecular weight is 256 g/mol. The fourth-order valence-corrected chi connectivity index (χ4v) is 1.99. The summed E-state index contributed by atoms with van der Waals surface area (Å²) in [7, 11) is 0. The van der Waals surface area contributed by atoms with Crippen LogP contribution in [0, 0.1) is 5.82 Å². The van der Waals surface area contributed by atoms with E-state index in [0.29, 0.717) is 13.1 Å². The van der Waals surface area contributed by atoms with E-state index in [1.807, 2.05) is 35.0 Å². The first-order chi connectivity index (χ1) is 9.33. The van der Waals surface area contributed by atoms with Crippen molar-refractivity contribution < 1.29 is 4.39 Å². The quantitative estimate of drug-likeness (QED) is 0.780. The van der Waals surface area contributed by atoms with Crippen LogP contribution in [-0.2, 0) is 6.54 Å². The molecule has 3 rings (SSSR count). The lowest BCUT2D eigenvalue weighted by atomic mass is 10.3. The Morgan fingerprint density at radius 2 is 2.00 bits per heavy atom. The van der Waals surface area contributed by atoms with Crippen LogP contribution in [0.1, 0.15) is 0 Å². The fourth-order valence-electron chi connectivity index (χ4n) is 1.99. The second-order valence-electron chi connectivity index (χ2n) is 4.24. The topological polar surface area (TPSA) is 42.7 Å². The molecule has 0 bridgehead atoms. The van der Waals surface area contributed by atoms with Gasteiger partial charge in [0.2, 0.25) is 0 Å². The third-order valence-electron chi connectivity index (χ3n) is 2.90. The van der Waals surface area contributed by atoms with E-state index in [9.17, 15) is 4.39 Å². The molecular weight excluding hydrogens is 243 g/mol. The first-order valence-corrected chi connectivity index (χ1v) is 6.10. The van der Waals surface area contributed by atoms with Crippen LogP contribution in [0.4, 0.5) is 10.1 Å². The van der Waals surface area contributed by atoms with Crippen LogP contribution in [0.25, 0.3) is 11.0 Å². The zero-order valence-electron chi connectivity index (χ0n) is 10.3. The van der Waals surface area contributed by atoms with Gasteiger partial charge in [0.15, 0.2) is 0 Å². The number of benzene rings is 2. The van der Waals surface area contributed by atoms with E-state index in [0.717, 1.165) is 16.7 Å². The van der Waals surface area contributed by atoms with Gasteiger partial charge in [0.05, 0.1) is 12.1 Å². The largest absolute Gasteiger partial charge is 0.383 e. The van der Waals surface area contributed by atoms with Gasteiger partial charge in [-0.15, -0.1) is 5.10 Å². The molecule has 0 saturated carbocycles. The Morgan fingerprint density at radius 1 is 1.11 bits per heavy atom. The van der Waals surface area contributed by atoms with Gasteiger partial charge < -0.3 is 5.32 Å². The highest BCUT2D eigenvalue weighted by molar-refractivity contribution is 5.73. The highest BCUT2D eigenvalue weighted by Crippen LogP contribution is 2.11. The van der Waals surface area contributed by atoms with Crippen molar-refractivity contribution in [2.24, 2.45) is 0 Å². The molecule has 0 atom stereocenters. The van der Waals surface area contributed by atoms with Gasteiger partial charge in [-0.05, 0) is 30.3 Å². The molecule has 4 nitrogen and oxygen atoms in total. The third kappa shape index (κ3) is 2.54. The fraction of sp³-hybridized carbons (Fsp3) is 0.143. The summed E-state index contributed by atoms with van der Waals surface area (Å²) >= 11 is 0.